The van der Waals surface area contributed by atoms with Crippen molar-refractivity contribution in [1.29, 1.82) is 0 Å². The van der Waals surface area contributed by atoms with Gasteiger partial charge in [-0.2, -0.15) is 0 Å². The number of ether oxygens (including phenoxy) is 2. The van der Waals surface area contributed by atoms with Crippen LogP contribution in [0.25, 0.3) is 11.0 Å². The maximum atomic E-state index is 11.3. The number of benzene rings is 1. The van der Waals surface area contributed by atoms with Crippen LogP contribution in [0.1, 0.15) is 34.1 Å². The van der Waals surface area contributed by atoms with Crippen molar-refractivity contribution in [3.63, 3.8) is 0 Å². The quantitative estimate of drug-likeness (QED) is 0.418. The summed E-state index contributed by atoms with van der Waals surface area (Å²) in [5.74, 6) is 0.325. The predicted molar refractivity (Wildman–Crippen MR) is 101 cm³/mol. The van der Waals surface area contributed by atoms with Crippen molar-refractivity contribution < 1.29 is 18.7 Å². The van der Waals surface area contributed by atoms with E-state index >= 15 is 0 Å². The number of carbonyl (C=O) groups excluding carboxylic acids is 1. The monoisotopic (exact) mass is 356 g/mol. The summed E-state index contributed by atoms with van der Waals surface area (Å²) in [6.45, 7) is 7.69. The van der Waals surface area contributed by atoms with Crippen LogP contribution < -0.4 is 10.4 Å². The lowest BCUT2D eigenvalue weighted by Gasteiger charge is -2.14. The molecule has 0 N–H and O–H groups in total. The zero-order chi connectivity index (χ0) is 19.1. The number of carbonyl (C=O) groups is 1. The van der Waals surface area contributed by atoms with Gasteiger partial charge in [0, 0.05) is 30.9 Å². The Morgan fingerprint density at radius 2 is 1.88 bits per heavy atom. The average Bonchev–Trinajstić information content (AvgIpc) is 2.53. The van der Waals surface area contributed by atoms with E-state index in [1.807, 2.05) is 45.1 Å². The summed E-state index contributed by atoms with van der Waals surface area (Å²) in [4.78, 5) is 22.5. The molecule has 1 aromatic carbocycles. The standard InChI is InChI=1S/C21H24O5/c1-14(2)11-19(25-16(4)22)12-15(3)9-10-24-18-7-5-17-6-8-21(23)26-20(17)13-18/h5-9,11,13,19H,10,12H2,1-4H3/t19-/m1/s1. The maximum absolute atomic E-state index is 11.3. The largest absolute Gasteiger partial charge is 0.489 e. The minimum absolute atomic E-state index is 0.274. The second-order valence-corrected chi connectivity index (χ2v) is 6.41. The lowest BCUT2D eigenvalue weighted by Crippen LogP contribution is -2.14. The minimum Gasteiger partial charge on any atom is -0.489 e. The SMILES string of the molecule is CC(=O)O[C@H](C=C(C)C)CC(C)=CCOc1ccc2ccc(=O)oc2c1. The Morgan fingerprint density at radius 1 is 1.15 bits per heavy atom. The zero-order valence-electron chi connectivity index (χ0n) is 15.6. The first-order valence-electron chi connectivity index (χ1n) is 8.48. The Bertz CT molecular complexity index is 885. The van der Waals surface area contributed by atoms with Gasteiger partial charge in [-0.15, -0.1) is 0 Å². The van der Waals surface area contributed by atoms with Gasteiger partial charge in [0.2, 0.25) is 0 Å². The van der Waals surface area contributed by atoms with E-state index in [1.165, 1.54) is 13.0 Å². The van der Waals surface area contributed by atoms with Crippen LogP contribution in [0.5, 0.6) is 5.75 Å². The van der Waals surface area contributed by atoms with Crippen LogP contribution in [0.2, 0.25) is 0 Å². The zero-order valence-corrected chi connectivity index (χ0v) is 15.6. The van der Waals surface area contributed by atoms with Gasteiger partial charge in [-0.1, -0.05) is 11.1 Å². The molecule has 0 bridgehead atoms. The third kappa shape index (κ3) is 6.24. The highest BCUT2D eigenvalue weighted by Crippen LogP contribution is 2.20. The Balaban J connectivity index is 1.98. The van der Waals surface area contributed by atoms with Gasteiger partial charge in [0.25, 0.3) is 0 Å². The van der Waals surface area contributed by atoms with E-state index in [0.717, 1.165) is 16.5 Å². The molecule has 1 atom stereocenters. The van der Waals surface area contributed by atoms with E-state index in [2.05, 4.69) is 0 Å². The van der Waals surface area contributed by atoms with Gasteiger partial charge in [-0.25, -0.2) is 4.79 Å². The fourth-order valence-corrected chi connectivity index (χ4v) is 2.53. The number of rotatable bonds is 7. The van der Waals surface area contributed by atoms with Crippen molar-refractivity contribution in [3.05, 3.63) is 64.1 Å². The third-order valence-corrected chi connectivity index (χ3v) is 3.64. The maximum Gasteiger partial charge on any atom is 0.336 e. The normalized spacial score (nSPS) is 12.5. The molecule has 0 aliphatic heterocycles. The number of allylic oxidation sites excluding steroid dienone is 1. The average molecular weight is 356 g/mol. The van der Waals surface area contributed by atoms with Crippen LogP contribution in [0, 0.1) is 0 Å². The van der Waals surface area contributed by atoms with E-state index in [4.69, 9.17) is 13.9 Å². The second-order valence-electron chi connectivity index (χ2n) is 6.41. The molecule has 26 heavy (non-hydrogen) atoms. The highest BCUT2D eigenvalue weighted by atomic mass is 16.5. The first kappa shape index (κ1) is 19.5. The molecule has 0 amide bonds. The predicted octanol–water partition coefficient (Wildman–Crippen LogP) is 4.41. The van der Waals surface area contributed by atoms with Gasteiger partial charge < -0.3 is 13.9 Å². The molecule has 1 heterocycles. The molecule has 2 aromatic rings. The smallest absolute Gasteiger partial charge is 0.336 e. The molecule has 2 rings (SSSR count). The van der Waals surface area contributed by atoms with Gasteiger partial charge in [-0.05, 0) is 51.1 Å². The molecule has 0 fully saturated rings. The van der Waals surface area contributed by atoms with E-state index < -0.39 is 0 Å². The number of hydrogen-bond donors (Lipinski definition) is 0. The summed E-state index contributed by atoms with van der Waals surface area (Å²) in [5.41, 5.74) is 2.26. The molecule has 5 nitrogen and oxygen atoms in total. The molecular weight excluding hydrogens is 332 g/mol. The van der Waals surface area contributed by atoms with Crippen molar-refractivity contribution in [2.75, 3.05) is 6.61 Å². The van der Waals surface area contributed by atoms with E-state index in [-0.39, 0.29) is 17.7 Å². The van der Waals surface area contributed by atoms with Crippen molar-refractivity contribution in [3.8, 4) is 5.75 Å². The van der Waals surface area contributed by atoms with Crippen LogP contribution in [0.15, 0.2) is 62.8 Å². The Hall–Kier alpha value is -2.82. The molecule has 0 aliphatic carbocycles. The van der Waals surface area contributed by atoms with Gasteiger partial charge in [0.1, 0.15) is 24.0 Å². The number of fused-ring (bicyclic) bond motifs is 1. The van der Waals surface area contributed by atoms with Crippen LogP contribution in [0.4, 0.5) is 0 Å². The highest BCUT2D eigenvalue weighted by Gasteiger charge is 2.09. The van der Waals surface area contributed by atoms with Crippen LogP contribution in [-0.4, -0.2) is 18.7 Å². The summed E-state index contributed by atoms with van der Waals surface area (Å²) in [7, 11) is 0. The van der Waals surface area contributed by atoms with E-state index in [0.29, 0.717) is 24.4 Å². The lowest BCUT2D eigenvalue weighted by molar-refractivity contribution is -0.144. The van der Waals surface area contributed by atoms with E-state index in [1.54, 1.807) is 12.1 Å². The fraction of sp³-hybridized carbons (Fsp3) is 0.333. The summed E-state index contributed by atoms with van der Waals surface area (Å²) >= 11 is 0. The van der Waals surface area contributed by atoms with Gasteiger partial charge in [0.05, 0.1) is 0 Å². The highest BCUT2D eigenvalue weighted by molar-refractivity contribution is 5.77. The van der Waals surface area contributed by atoms with Gasteiger partial charge in [0.15, 0.2) is 0 Å². The lowest BCUT2D eigenvalue weighted by atomic mass is 10.1. The molecule has 138 valence electrons. The molecule has 0 saturated carbocycles. The molecule has 0 unspecified atom stereocenters. The van der Waals surface area contributed by atoms with Crippen molar-refractivity contribution >= 4 is 16.9 Å². The van der Waals surface area contributed by atoms with E-state index in [9.17, 15) is 9.59 Å². The van der Waals surface area contributed by atoms with Gasteiger partial charge in [-0.3, -0.25) is 4.79 Å². The fourth-order valence-electron chi connectivity index (χ4n) is 2.53. The molecule has 0 aliphatic rings. The Morgan fingerprint density at radius 3 is 2.58 bits per heavy atom. The molecule has 0 saturated heterocycles. The Kier molecular flexibility index (Phi) is 6.78. The Labute approximate surface area is 152 Å². The molecule has 1 aromatic heterocycles. The minimum atomic E-state index is -0.388. The summed E-state index contributed by atoms with van der Waals surface area (Å²) in [6.07, 6.45) is 4.22. The van der Waals surface area contributed by atoms with Crippen molar-refractivity contribution in [1.82, 2.24) is 0 Å². The second kappa shape index (κ2) is 9.04. The first-order chi connectivity index (χ1) is 12.3. The molecular formula is C21H24O5. The topological polar surface area (TPSA) is 65.7 Å². The molecule has 0 spiro atoms. The van der Waals surface area contributed by atoms with Crippen LogP contribution in [-0.2, 0) is 9.53 Å². The summed E-state index contributed by atoms with van der Waals surface area (Å²) in [6, 6.07) is 8.48. The number of esters is 1. The molecule has 0 radical (unpaired) electrons. The van der Waals surface area contributed by atoms with Gasteiger partial charge >= 0.3 is 11.6 Å². The van der Waals surface area contributed by atoms with Crippen molar-refractivity contribution in [2.24, 2.45) is 0 Å². The van der Waals surface area contributed by atoms with Crippen molar-refractivity contribution in [2.45, 2.75) is 40.2 Å². The summed E-state index contributed by atoms with van der Waals surface area (Å²) < 4.78 is 16.2. The van der Waals surface area contributed by atoms with Crippen LogP contribution >= 0.6 is 0 Å². The van der Waals surface area contributed by atoms with Crippen LogP contribution in [0.3, 0.4) is 0 Å². The third-order valence-electron chi connectivity index (χ3n) is 3.64. The summed E-state index contributed by atoms with van der Waals surface area (Å²) in [5, 5.41) is 0.842. The molecule has 5 heteroatoms. The first-order valence-corrected chi connectivity index (χ1v) is 8.48. The number of hydrogen-bond acceptors (Lipinski definition) is 5.